The Morgan fingerprint density at radius 3 is 2.92 bits per heavy atom. The predicted molar refractivity (Wildman–Crippen MR) is 49.4 cm³/mol. The van der Waals surface area contributed by atoms with E-state index in [1.165, 1.54) is 6.20 Å². The van der Waals surface area contributed by atoms with E-state index in [0.717, 1.165) is 9.86 Å². The van der Waals surface area contributed by atoms with Crippen LogP contribution in [0.2, 0.25) is 0 Å². The third-order valence-corrected chi connectivity index (χ3v) is 2.17. The average molecular weight is 226 g/mol. The molecule has 1 aromatic carbocycles. The molecule has 1 nitrogen and oxygen atoms in total. The van der Waals surface area contributed by atoms with Crippen molar-refractivity contribution in [3.63, 3.8) is 0 Å². The molecule has 0 spiro atoms. The first-order valence-electron chi connectivity index (χ1n) is 3.47. The summed E-state index contributed by atoms with van der Waals surface area (Å²) in [5, 5.41) is 1.41. The number of aromatic nitrogens is 1. The summed E-state index contributed by atoms with van der Waals surface area (Å²) in [5.41, 5.74) is 0. The molecule has 0 unspecified atom stereocenters. The Morgan fingerprint density at radius 1 is 1.25 bits per heavy atom. The molecule has 1 heterocycles. The molecule has 0 aliphatic carbocycles. The Labute approximate surface area is 77.4 Å². The zero-order valence-corrected chi connectivity index (χ0v) is 7.68. The highest BCUT2D eigenvalue weighted by Crippen LogP contribution is 2.20. The van der Waals surface area contributed by atoms with Crippen molar-refractivity contribution in [2.45, 2.75) is 0 Å². The smallest absolute Gasteiger partial charge is 0.220 e. The lowest BCUT2D eigenvalue weighted by Gasteiger charge is -1.97. The molecule has 0 atom stereocenters. The molecule has 0 N–H and O–H groups in total. The maximum atomic E-state index is 13.0. The van der Waals surface area contributed by atoms with Crippen LogP contribution in [-0.4, -0.2) is 4.98 Å². The fourth-order valence-electron chi connectivity index (χ4n) is 1.11. The molecule has 0 fully saturated rings. The van der Waals surface area contributed by atoms with Crippen LogP contribution in [0, 0.1) is 5.95 Å². The van der Waals surface area contributed by atoms with Crippen molar-refractivity contribution in [1.82, 2.24) is 4.98 Å². The van der Waals surface area contributed by atoms with Crippen molar-refractivity contribution in [2.24, 2.45) is 0 Å². The van der Waals surface area contributed by atoms with Crippen LogP contribution in [0.25, 0.3) is 10.8 Å². The Kier molecular flexibility index (Phi) is 1.81. The first-order chi connectivity index (χ1) is 5.77. The van der Waals surface area contributed by atoms with Crippen molar-refractivity contribution in [2.75, 3.05) is 0 Å². The summed E-state index contributed by atoms with van der Waals surface area (Å²) in [6, 6.07) is 7.15. The second-order valence-electron chi connectivity index (χ2n) is 2.47. The zero-order chi connectivity index (χ0) is 8.55. The van der Waals surface area contributed by atoms with Crippen molar-refractivity contribution in [3.05, 3.63) is 40.9 Å². The van der Waals surface area contributed by atoms with Gasteiger partial charge in [0.05, 0.1) is 0 Å². The molecule has 0 saturated heterocycles. The molecule has 0 radical (unpaired) electrons. The van der Waals surface area contributed by atoms with Crippen LogP contribution in [0.4, 0.5) is 4.39 Å². The van der Waals surface area contributed by atoms with Crippen molar-refractivity contribution in [1.29, 1.82) is 0 Å². The third kappa shape index (κ3) is 1.20. The molecule has 0 amide bonds. The topological polar surface area (TPSA) is 12.9 Å². The number of nitrogens with zero attached hydrogens (tertiary/aromatic N) is 1. The van der Waals surface area contributed by atoms with Gasteiger partial charge in [-0.3, -0.25) is 0 Å². The van der Waals surface area contributed by atoms with E-state index in [0.29, 0.717) is 5.39 Å². The van der Waals surface area contributed by atoms with Crippen LogP contribution < -0.4 is 0 Å². The van der Waals surface area contributed by atoms with Gasteiger partial charge in [0.1, 0.15) is 0 Å². The van der Waals surface area contributed by atoms with Crippen LogP contribution in [0.15, 0.2) is 34.9 Å². The molecule has 1 aromatic heterocycles. The van der Waals surface area contributed by atoms with Crippen molar-refractivity contribution < 1.29 is 4.39 Å². The molecule has 2 rings (SSSR count). The van der Waals surface area contributed by atoms with Crippen LogP contribution in [-0.2, 0) is 0 Å². The standard InChI is InChI=1S/C9H5BrFN/c10-7-1-2-8-6(5-7)3-4-12-9(8)11/h1-5H. The van der Waals surface area contributed by atoms with E-state index in [1.54, 1.807) is 18.2 Å². The largest absolute Gasteiger partial charge is 0.228 e. The highest BCUT2D eigenvalue weighted by atomic mass is 79.9. The highest BCUT2D eigenvalue weighted by Gasteiger charge is 1.99. The number of pyridine rings is 1. The van der Waals surface area contributed by atoms with Crippen molar-refractivity contribution >= 4 is 26.7 Å². The normalized spacial score (nSPS) is 10.5. The number of hydrogen-bond donors (Lipinski definition) is 0. The zero-order valence-electron chi connectivity index (χ0n) is 6.09. The summed E-state index contributed by atoms with van der Waals surface area (Å²) in [5.74, 6) is -0.417. The molecular formula is C9H5BrFN. The Hall–Kier alpha value is -0.960. The summed E-state index contributed by atoms with van der Waals surface area (Å²) >= 11 is 3.31. The lowest BCUT2D eigenvalue weighted by Crippen LogP contribution is -1.83. The fraction of sp³-hybridized carbons (Fsp3) is 0. The molecule has 0 aliphatic heterocycles. The maximum Gasteiger partial charge on any atom is 0.220 e. The van der Waals surface area contributed by atoms with Gasteiger partial charge in [0.25, 0.3) is 0 Å². The van der Waals surface area contributed by atoms with E-state index in [-0.39, 0.29) is 0 Å². The third-order valence-electron chi connectivity index (χ3n) is 1.68. The Bertz CT molecular complexity index is 428. The number of rotatable bonds is 0. The van der Waals surface area contributed by atoms with Crippen molar-refractivity contribution in [3.8, 4) is 0 Å². The van der Waals surface area contributed by atoms with Gasteiger partial charge < -0.3 is 0 Å². The minimum atomic E-state index is -0.417. The summed E-state index contributed by atoms with van der Waals surface area (Å²) < 4.78 is 13.9. The second-order valence-corrected chi connectivity index (χ2v) is 3.38. The van der Waals surface area contributed by atoms with E-state index < -0.39 is 5.95 Å². The molecule has 0 bridgehead atoms. The SMILES string of the molecule is Fc1nccc2cc(Br)ccc12. The van der Waals surface area contributed by atoms with Gasteiger partial charge in [0.2, 0.25) is 5.95 Å². The van der Waals surface area contributed by atoms with E-state index in [9.17, 15) is 4.39 Å². The monoisotopic (exact) mass is 225 g/mol. The molecule has 60 valence electrons. The van der Waals surface area contributed by atoms with Crippen LogP contribution in [0.5, 0.6) is 0 Å². The van der Waals surface area contributed by atoms with Gasteiger partial charge in [0, 0.05) is 16.1 Å². The molecule has 2 aromatic rings. The number of halogens is 2. The summed E-state index contributed by atoms with van der Waals surface area (Å²) in [4.78, 5) is 3.56. The van der Waals surface area contributed by atoms with E-state index in [1.807, 2.05) is 6.07 Å². The Balaban J connectivity index is 2.86. The second kappa shape index (κ2) is 2.83. The van der Waals surface area contributed by atoms with E-state index in [4.69, 9.17) is 0 Å². The first kappa shape index (κ1) is 7.68. The molecule has 0 aliphatic rings. The number of hydrogen-bond acceptors (Lipinski definition) is 1. The molecular weight excluding hydrogens is 221 g/mol. The molecule has 3 heteroatoms. The van der Waals surface area contributed by atoms with Gasteiger partial charge in [-0.25, -0.2) is 4.98 Å². The Morgan fingerprint density at radius 2 is 2.08 bits per heavy atom. The average Bonchev–Trinajstić information content (AvgIpc) is 2.04. The quantitative estimate of drug-likeness (QED) is 0.629. The van der Waals surface area contributed by atoms with Crippen LogP contribution in [0.1, 0.15) is 0 Å². The minimum Gasteiger partial charge on any atom is -0.228 e. The van der Waals surface area contributed by atoms with Gasteiger partial charge in [-0.1, -0.05) is 15.9 Å². The summed E-state index contributed by atoms with van der Waals surface area (Å²) in [6.07, 6.45) is 1.46. The van der Waals surface area contributed by atoms with Gasteiger partial charge in [-0.05, 0) is 29.7 Å². The van der Waals surface area contributed by atoms with E-state index >= 15 is 0 Å². The van der Waals surface area contributed by atoms with Gasteiger partial charge in [-0.2, -0.15) is 4.39 Å². The van der Waals surface area contributed by atoms with Gasteiger partial charge >= 0.3 is 0 Å². The van der Waals surface area contributed by atoms with E-state index in [2.05, 4.69) is 20.9 Å². The summed E-state index contributed by atoms with van der Waals surface area (Å²) in [6.45, 7) is 0. The lowest BCUT2D eigenvalue weighted by molar-refractivity contribution is 0.597. The minimum absolute atomic E-state index is 0.417. The van der Waals surface area contributed by atoms with Gasteiger partial charge in [0.15, 0.2) is 0 Å². The van der Waals surface area contributed by atoms with Gasteiger partial charge in [-0.15, -0.1) is 0 Å². The fourth-order valence-corrected chi connectivity index (χ4v) is 1.49. The van der Waals surface area contributed by atoms with Crippen LogP contribution in [0.3, 0.4) is 0 Å². The predicted octanol–water partition coefficient (Wildman–Crippen LogP) is 3.14. The first-order valence-corrected chi connectivity index (χ1v) is 4.26. The highest BCUT2D eigenvalue weighted by molar-refractivity contribution is 9.10. The molecule has 12 heavy (non-hydrogen) atoms. The number of benzene rings is 1. The number of fused-ring (bicyclic) bond motifs is 1. The summed E-state index contributed by atoms with van der Waals surface area (Å²) in [7, 11) is 0. The van der Waals surface area contributed by atoms with Crippen LogP contribution >= 0.6 is 15.9 Å². The maximum absolute atomic E-state index is 13.0. The molecule has 0 saturated carbocycles. The lowest BCUT2D eigenvalue weighted by atomic mass is 10.2.